The third-order valence-corrected chi connectivity index (χ3v) is 6.20. The van der Waals surface area contributed by atoms with Gasteiger partial charge >= 0.3 is 0 Å². The molecular weight excluding hydrogens is 258 g/mol. The molecule has 2 unspecified atom stereocenters. The van der Waals surface area contributed by atoms with Crippen molar-refractivity contribution in [1.29, 1.82) is 0 Å². The fraction of sp³-hybridized carbons (Fsp3) is 0.600. The number of hydrogen-bond acceptors (Lipinski definition) is 3. The molecule has 0 aromatic heterocycles. The van der Waals surface area contributed by atoms with Gasteiger partial charge in [0.1, 0.15) is 0 Å². The average Bonchev–Trinajstić information content (AvgIpc) is 2.81. The van der Waals surface area contributed by atoms with E-state index in [0.717, 1.165) is 36.9 Å². The van der Waals surface area contributed by atoms with E-state index >= 15 is 0 Å². The summed E-state index contributed by atoms with van der Waals surface area (Å²) in [5, 5.41) is 3.11. The minimum absolute atomic E-state index is 0.138. The Morgan fingerprint density at radius 3 is 2.68 bits per heavy atom. The highest BCUT2D eigenvalue weighted by Gasteiger charge is 2.36. The molecule has 0 radical (unpaired) electrons. The largest absolute Gasteiger partial charge is 0.313 e. The highest BCUT2D eigenvalue weighted by atomic mass is 32.2. The van der Waals surface area contributed by atoms with Gasteiger partial charge in [-0.25, -0.2) is 8.42 Å². The van der Waals surface area contributed by atoms with Gasteiger partial charge in [-0.05, 0) is 37.4 Å². The van der Waals surface area contributed by atoms with Crippen molar-refractivity contribution in [2.75, 3.05) is 6.54 Å². The van der Waals surface area contributed by atoms with E-state index in [0.29, 0.717) is 0 Å². The second-order valence-electron chi connectivity index (χ2n) is 5.37. The van der Waals surface area contributed by atoms with Gasteiger partial charge in [0.15, 0.2) is 9.84 Å². The molecular formula is C15H23NO2S. The molecule has 1 aliphatic rings. The van der Waals surface area contributed by atoms with E-state index in [-0.39, 0.29) is 17.0 Å². The lowest BCUT2D eigenvalue weighted by Crippen LogP contribution is -2.40. The van der Waals surface area contributed by atoms with Gasteiger partial charge in [0.2, 0.25) is 0 Å². The van der Waals surface area contributed by atoms with Crippen molar-refractivity contribution in [1.82, 2.24) is 5.32 Å². The summed E-state index contributed by atoms with van der Waals surface area (Å²) >= 11 is 0. The molecule has 1 saturated carbocycles. The van der Waals surface area contributed by atoms with Crippen molar-refractivity contribution >= 4 is 9.84 Å². The van der Waals surface area contributed by atoms with Crippen LogP contribution >= 0.6 is 0 Å². The molecule has 106 valence electrons. The molecule has 0 heterocycles. The van der Waals surface area contributed by atoms with Crippen LogP contribution in [0.3, 0.4) is 0 Å². The summed E-state index contributed by atoms with van der Waals surface area (Å²) in [6.07, 6.45) is 2.78. The van der Waals surface area contributed by atoms with Crippen molar-refractivity contribution in [2.45, 2.75) is 50.2 Å². The first-order chi connectivity index (χ1) is 9.04. The molecule has 2 rings (SSSR count). The molecule has 1 fully saturated rings. The summed E-state index contributed by atoms with van der Waals surface area (Å²) in [5.41, 5.74) is 1.99. The molecule has 1 N–H and O–H groups in total. The third-order valence-electron chi connectivity index (χ3n) is 4.00. The number of hydrogen-bond donors (Lipinski definition) is 1. The monoisotopic (exact) mass is 281 g/mol. The Bertz CT molecular complexity index is 525. The maximum atomic E-state index is 12.6. The second-order valence-corrected chi connectivity index (χ2v) is 7.59. The van der Waals surface area contributed by atoms with Gasteiger partial charge in [0.05, 0.1) is 11.0 Å². The average molecular weight is 281 g/mol. The molecule has 0 amide bonds. The van der Waals surface area contributed by atoms with Gasteiger partial charge in [-0.1, -0.05) is 37.6 Å². The maximum Gasteiger partial charge on any atom is 0.158 e. The van der Waals surface area contributed by atoms with Crippen LogP contribution in [-0.4, -0.2) is 26.3 Å². The van der Waals surface area contributed by atoms with E-state index in [4.69, 9.17) is 0 Å². The lowest BCUT2D eigenvalue weighted by Gasteiger charge is -2.21. The summed E-state index contributed by atoms with van der Waals surface area (Å²) in [5.74, 6) is 0.173. The maximum absolute atomic E-state index is 12.6. The van der Waals surface area contributed by atoms with Crippen LogP contribution < -0.4 is 5.32 Å². The number of rotatable bonds is 5. The molecule has 1 aliphatic carbocycles. The first-order valence-electron chi connectivity index (χ1n) is 7.04. The Kier molecular flexibility index (Phi) is 4.63. The van der Waals surface area contributed by atoms with Gasteiger partial charge in [-0.3, -0.25) is 0 Å². The van der Waals surface area contributed by atoms with Crippen molar-refractivity contribution in [3.05, 3.63) is 35.4 Å². The highest BCUT2D eigenvalue weighted by Crippen LogP contribution is 2.28. The Morgan fingerprint density at radius 1 is 1.26 bits per heavy atom. The van der Waals surface area contributed by atoms with Crippen LogP contribution in [0.15, 0.2) is 24.3 Å². The van der Waals surface area contributed by atoms with Crippen LogP contribution in [0.4, 0.5) is 0 Å². The number of benzene rings is 1. The number of sulfone groups is 1. The molecule has 2 atom stereocenters. The quantitative estimate of drug-likeness (QED) is 0.901. The van der Waals surface area contributed by atoms with E-state index in [1.165, 1.54) is 0 Å². The third kappa shape index (κ3) is 3.37. The fourth-order valence-corrected chi connectivity index (χ4v) is 5.18. The van der Waals surface area contributed by atoms with Crippen LogP contribution in [0.1, 0.15) is 37.3 Å². The summed E-state index contributed by atoms with van der Waals surface area (Å²) in [7, 11) is -3.07. The van der Waals surface area contributed by atoms with Gasteiger partial charge in [0.25, 0.3) is 0 Å². The summed E-state index contributed by atoms with van der Waals surface area (Å²) in [4.78, 5) is 0. The van der Waals surface area contributed by atoms with Crippen molar-refractivity contribution < 1.29 is 8.42 Å². The number of aryl methyl sites for hydroxylation is 1. The molecule has 1 aromatic rings. The summed E-state index contributed by atoms with van der Waals surface area (Å²) < 4.78 is 25.2. The first kappa shape index (κ1) is 14.5. The topological polar surface area (TPSA) is 46.2 Å². The zero-order valence-corrected chi connectivity index (χ0v) is 12.5. The van der Waals surface area contributed by atoms with Crippen molar-refractivity contribution in [2.24, 2.45) is 0 Å². The lowest BCUT2D eigenvalue weighted by atomic mass is 10.1. The Morgan fingerprint density at radius 2 is 2.00 bits per heavy atom. The highest BCUT2D eigenvalue weighted by molar-refractivity contribution is 7.91. The lowest BCUT2D eigenvalue weighted by molar-refractivity contribution is 0.517. The predicted octanol–water partition coefficient (Wildman–Crippen LogP) is 2.44. The minimum atomic E-state index is -3.07. The van der Waals surface area contributed by atoms with E-state index in [1.54, 1.807) is 0 Å². The van der Waals surface area contributed by atoms with E-state index in [9.17, 15) is 8.42 Å². The standard InChI is InChI=1S/C15H23NO2S/c1-3-16-14-9-6-10-15(14)19(17,18)11-13-8-5-4-7-12(13)2/h4-5,7-8,14-16H,3,6,9-11H2,1-2H3. The molecule has 0 bridgehead atoms. The molecule has 1 aromatic carbocycles. The molecule has 4 heteroatoms. The van der Waals surface area contributed by atoms with Gasteiger partial charge in [-0.15, -0.1) is 0 Å². The van der Waals surface area contributed by atoms with Gasteiger partial charge in [0, 0.05) is 6.04 Å². The number of nitrogens with one attached hydrogen (secondary N) is 1. The van der Waals surface area contributed by atoms with Crippen molar-refractivity contribution in [3.8, 4) is 0 Å². The predicted molar refractivity (Wildman–Crippen MR) is 78.9 cm³/mol. The van der Waals surface area contributed by atoms with Crippen LogP contribution in [-0.2, 0) is 15.6 Å². The van der Waals surface area contributed by atoms with Crippen LogP contribution in [0.2, 0.25) is 0 Å². The van der Waals surface area contributed by atoms with E-state index in [1.807, 2.05) is 38.1 Å². The molecule has 19 heavy (non-hydrogen) atoms. The first-order valence-corrected chi connectivity index (χ1v) is 8.75. The Hall–Kier alpha value is -0.870. The van der Waals surface area contributed by atoms with Crippen LogP contribution in [0, 0.1) is 6.92 Å². The molecule has 0 aliphatic heterocycles. The van der Waals surface area contributed by atoms with E-state index in [2.05, 4.69) is 5.32 Å². The van der Waals surface area contributed by atoms with Crippen molar-refractivity contribution in [3.63, 3.8) is 0 Å². The SMILES string of the molecule is CCNC1CCCC1S(=O)(=O)Cc1ccccc1C. The molecule has 3 nitrogen and oxygen atoms in total. The Balaban J connectivity index is 2.16. The molecule has 0 spiro atoms. The van der Waals surface area contributed by atoms with Crippen LogP contribution in [0.5, 0.6) is 0 Å². The van der Waals surface area contributed by atoms with Gasteiger partial charge in [-0.2, -0.15) is 0 Å². The minimum Gasteiger partial charge on any atom is -0.313 e. The zero-order valence-electron chi connectivity index (χ0n) is 11.7. The fourth-order valence-electron chi connectivity index (χ4n) is 2.95. The van der Waals surface area contributed by atoms with E-state index < -0.39 is 9.84 Å². The second kappa shape index (κ2) is 6.06. The smallest absolute Gasteiger partial charge is 0.158 e. The summed E-state index contributed by atoms with van der Waals surface area (Å²) in [6, 6.07) is 7.89. The zero-order chi connectivity index (χ0) is 13.9. The van der Waals surface area contributed by atoms with Gasteiger partial charge < -0.3 is 5.32 Å². The normalized spacial score (nSPS) is 23.7. The Labute approximate surface area is 116 Å². The summed E-state index contributed by atoms with van der Waals surface area (Å²) in [6.45, 7) is 4.84. The van der Waals surface area contributed by atoms with Crippen LogP contribution in [0.25, 0.3) is 0 Å². The molecule has 0 saturated heterocycles.